The molecule has 25 heavy (non-hydrogen) atoms. The van der Waals surface area contributed by atoms with Gasteiger partial charge in [-0.3, -0.25) is 9.52 Å². The number of anilines is 2. The minimum Gasteiger partial charge on any atom is -0.495 e. The minimum absolute atomic E-state index is 0.263. The molecule has 2 aromatic rings. The number of rotatable bonds is 7. The summed E-state index contributed by atoms with van der Waals surface area (Å²) in [4.78, 5) is 12.4. The Labute approximate surface area is 152 Å². The van der Waals surface area contributed by atoms with Gasteiger partial charge in [-0.15, -0.1) is 0 Å². The first-order valence-electron chi connectivity index (χ1n) is 7.37. The summed E-state index contributed by atoms with van der Waals surface area (Å²) in [7, 11) is -2.02. The van der Waals surface area contributed by atoms with Crippen molar-refractivity contribution >= 4 is 39.1 Å². The van der Waals surface area contributed by atoms with Gasteiger partial charge in [0.15, 0.2) is 0 Å². The average molecular weight is 380 g/mol. The van der Waals surface area contributed by atoms with E-state index in [1.165, 1.54) is 13.2 Å². The first-order chi connectivity index (χ1) is 11.8. The van der Waals surface area contributed by atoms with Crippen molar-refractivity contribution in [1.29, 1.82) is 0 Å². The lowest BCUT2D eigenvalue weighted by molar-refractivity contribution is 0.102. The van der Waals surface area contributed by atoms with Crippen LogP contribution >= 0.6 is 11.8 Å². The first kappa shape index (κ1) is 19.1. The molecule has 0 bridgehead atoms. The van der Waals surface area contributed by atoms with E-state index in [9.17, 15) is 13.2 Å². The Morgan fingerprint density at radius 3 is 2.60 bits per heavy atom. The van der Waals surface area contributed by atoms with Gasteiger partial charge in [-0.2, -0.15) is 11.8 Å². The number of hydrogen-bond acceptors (Lipinski definition) is 5. The smallest absolute Gasteiger partial charge is 0.255 e. The molecule has 0 saturated heterocycles. The van der Waals surface area contributed by atoms with Crippen LogP contribution in [0.2, 0.25) is 0 Å². The molecule has 0 aliphatic rings. The zero-order valence-corrected chi connectivity index (χ0v) is 15.8. The van der Waals surface area contributed by atoms with Gasteiger partial charge in [0, 0.05) is 17.0 Å². The third-order valence-electron chi connectivity index (χ3n) is 3.25. The lowest BCUT2D eigenvalue weighted by atomic mass is 10.1. The third-order valence-corrected chi connectivity index (χ3v) is 4.47. The van der Waals surface area contributed by atoms with Crippen molar-refractivity contribution in [2.24, 2.45) is 0 Å². The summed E-state index contributed by atoms with van der Waals surface area (Å²) in [6.07, 6.45) is 3.05. The Kier molecular flexibility index (Phi) is 6.33. The zero-order chi connectivity index (χ0) is 18.4. The quantitative estimate of drug-likeness (QED) is 0.771. The largest absolute Gasteiger partial charge is 0.495 e. The van der Waals surface area contributed by atoms with Gasteiger partial charge in [-0.05, 0) is 42.2 Å². The van der Waals surface area contributed by atoms with Gasteiger partial charge in [0.2, 0.25) is 10.0 Å². The molecule has 1 amide bonds. The number of ether oxygens (including phenoxy) is 1. The van der Waals surface area contributed by atoms with Gasteiger partial charge in [0.05, 0.1) is 19.1 Å². The molecule has 8 heteroatoms. The van der Waals surface area contributed by atoms with Crippen molar-refractivity contribution in [1.82, 2.24) is 0 Å². The molecule has 0 heterocycles. The molecule has 0 aliphatic carbocycles. The van der Waals surface area contributed by atoms with Crippen LogP contribution in [0, 0.1) is 0 Å². The van der Waals surface area contributed by atoms with Gasteiger partial charge in [-0.25, -0.2) is 8.42 Å². The number of hydrogen-bond donors (Lipinski definition) is 2. The summed E-state index contributed by atoms with van der Waals surface area (Å²) >= 11 is 1.68. The highest BCUT2D eigenvalue weighted by atomic mass is 32.2. The van der Waals surface area contributed by atoms with Crippen molar-refractivity contribution in [2.75, 3.05) is 29.7 Å². The van der Waals surface area contributed by atoms with Crippen LogP contribution in [-0.4, -0.2) is 33.9 Å². The maximum atomic E-state index is 12.4. The van der Waals surface area contributed by atoms with E-state index in [-0.39, 0.29) is 11.6 Å². The van der Waals surface area contributed by atoms with Crippen LogP contribution in [0.15, 0.2) is 42.5 Å². The Bertz CT molecular complexity index is 867. The second kappa shape index (κ2) is 8.26. The van der Waals surface area contributed by atoms with Crippen LogP contribution in [0.3, 0.4) is 0 Å². The number of methoxy groups -OCH3 is 1. The summed E-state index contributed by atoms with van der Waals surface area (Å²) < 4.78 is 30.4. The fourth-order valence-electron chi connectivity index (χ4n) is 2.24. The lowest BCUT2D eigenvalue weighted by Gasteiger charge is -2.12. The molecule has 6 nitrogen and oxygen atoms in total. The van der Waals surface area contributed by atoms with Crippen molar-refractivity contribution in [3.63, 3.8) is 0 Å². The van der Waals surface area contributed by atoms with E-state index in [1.54, 1.807) is 30.0 Å². The Hall–Kier alpha value is -2.19. The molecule has 0 aromatic heterocycles. The second-order valence-corrected chi connectivity index (χ2v) is 7.99. The van der Waals surface area contributed by atoms with Crippen molar-refractivity contribution < 1.29 is 17.9 Å². The van der Waals surface area contributed by atoms with Crippen molar-refractivity contribution in [3.8, 4) is 5.75 Å². The number of amides is 1. The van der Waals surface area contributed by atoms with Gasteiger partial charge in [-0.1, -0.05) is 12.1 Å². The Balaban J connectivity index is 2.23. The number of benzene rings is 2. The van der Waals surface area contributed by atoms with E-state index >= 15 is 0 Å². The molecule has 0 unspecified atom stereocenters. The van der Waals surface area contributed by atoms with Gasteiger partial charge in [0.1, 0.15) is 5.75 Å². The maximum absolute atomic E-state index is 12.4. The van der Waals surface area contributed by atoms with E-state index in [0.29, 0.717) is 17.0 Å². The average Bonchev–Trinajstić information content (AvgIpc) is 2.54. The van der Waals surface area contributed by atoms with Gasteiger partial charge < -0.3 is 10.1 Å². The van der Waals surface area contributed by atoms with E-state index in [1.807, 2.05) is 24.5 Å². The third kappa shape index (κ3) is 5.68. The number of thioether (sulfide) groups is 1. The topological polar surface area (TPSA) is 84.5 Å². The highest BCUT2D eigenvalue weighted by molar-refractivity contribution is 7.97. The fourth-order valence-corrected chi connectivity index (χ4v) is 3.31. The number of nitrogens with one attached hydrogen (secondary N) is 2. The van der Waals surface area contributed by atoms with E-state index in [2.05, 4.69) is 10.0 Å². The van der Waals surface area contributed by atoms with Crippen LogP contribution in [-0.2, 0) is 15.8 Å². The lowest BCUT2D eigenvalue weighted by Crippen LogP contribution is -2.14. The Morgan fingerprint density at radius 2 is 1.96 bits per heavy atom. The number of carbonyl (C=O) groups is 1. The monoisotopic (exact) mass is 380 g/mol. The molecular weight excluding hydrogens is 360 g/mol. The molecule has 0 spiro atoms. The summed E-state index contributed by atoms with van der Waals surface area (Å²) in [5, 5.41) is 2.77. The molecule has 0 fully saturated rings. The molecule has 0 atom stereocenters. The molecular formula is C17H20N2O4S2. The van der Waals surface area contributed by atoms with Crippen LogP contribution in [0.25, 0.3) is 0 Å². The summed E-state index contributed by atoms with van der Waals surface area (Å²) in [6, 6.07) is 12.1. The zero-order valence-electron chi connectivity index (χ0n) is 14.2. The predicted molar refractivity (Wildman–Crippen MR) is 103 cm³/mol. The molecule has 0 radical (unpaired) electrons. The summed E-state index contributed by atoms with van der Waals surface area (Å²) in [5.41, 5.74) is 2.33. The normalized spacial score (nSPS) is 11.0. The second-order valence-electron chi connectivity index (χ2n) is 5.38. The molecule has 2 rings (SSSR count). The van der Waals surface area contributed by atoms with Crippen LogP contribution in [0.1, 0.15) is 15.9 Å². The predicted octanol–water partition coefficient (Wildman–Crippen LogP) is 3.18. The number of carbonyl (C=O) groups excluding carboxylic acids is 1. The molecule has 2 N–H and O–H groups in total. The van der Waals surface area contributed by atoms with Crippen LogP contribution in [0.5, 0.6) is 5.75 Å². The van der Waals surface area contributed by atoms with E-state index in [4.69, 9.17) is 4.74 Å². The number of sulfonamides is 1. The fraction of sp³-hybridized carbons (Fsp3) is 0.235. The molecule has 0 aliphatic heterocycles. The minimum atomic E-state index is -3.46. The standard InChI is InChI=1S/C17H20N2O4S2/c1-23-16-8-7-14(10-15(16)19-25(3,21)22)18-17(20)13-6-4-5-12(9-13)11-24-2/h4-10,19H,11H2,1-3H3,(H,18,20). The van der Waals surface area contributed by atoms with E-state index in [0.717, 1.165) is 17.6 Å². The molecule has 134 valence electrons. The molecule has 2 aromatic carbocycles. The van der Waals surface area contributed by atoms with Crippen LogP contribution < -0.4 is 14.8 Å². The SMILES string of the molecule is COc1ccc(NC(=O)c2cccc(CSC)c2)cc1NS(C)(=O)=O. The maximum Gasteiger partial charge on any atom is 0.255 e. The highest BCUT2D eigenvalue weighted by Gasteiger charge is 2.12. The summed E-state index contributed by atoms with van der Waals surface area (Å²) in [5.74, 6) is 0.926. The first-order valence-corrected chi connectivity index (χ1v) is 10.7. The van der Waals surface area contributed by atoms with Crippen LogP contribution in [0.4, 0.5) is 11.4 Å². The van der Waals surface area contributed by atoms with Crippen molar-refractivity contribution in [2.45, 2.75) is 5.75 Å². The summed E-state index contributed by atoms with van der Waals surface area (Å²) in [6.45, 7) is 0. The van der Waals surface area contributed by atoms with Gasteiger partial charge >= 0.3 is 0 Å². The van der Waals surface area contributed by atoms with Crippen molar-refractivity contribution in [3.05, 3.63) is 53.6 Å². The highest BCUT2D eigenvalue weighted by Crippen LogP contribution is 2.28. The Morgan fingerprint density at radius 1 is 1.20 bits per heavy atom. The van der Waals surface area contributed by atoms with E-state index < -0.39 is 10.0 Å². The molecule has 0 saturated carbocycles. The van der Waals surface area contributed by atoms with Gasteiger partial charge in [0.25, 0.3) is 5.91 Å².